The van der Waals surface area contributed by atoms with E-state index in [2.05, 4.69) is 50.6 Å². The van der Waals surface area contributed by atoms with Gasteiger partial charge in [-0.1, -0.05) is 18.2 Å². The van der Waals surface area contributed by atoms with Crippen molar-refractivity contribution in [2.24, 2.45) is 7.05 Å². The number of hydrogen-bond donors (Lipinski definition) is 0. The van der Waals surface area contributed by atoms with Crippen molar-refractivity contribution in [2.75, 3.05) is 32.7 Å². The van der Waals surface area contributed by atoms with Crippen molar-refractivity contribution in [3.8, 4) is 0 Å². The molecule has 2 aromatic heterocycles. The summed E-state index contributed by atoms with van der Waals surface area (Å²) in [6, 6.07) is 10.4. The zero-order valence-electron chi connectivity index (χ0n) is 18.2. The van der Waals surface area contributed by atoms with Gasteiger partial charge in [-0.05, 0) is 44.5 Å². The van der Waals surface area contributed by atoms with Gasteiger partial charge in [0.05, 0.1) is 18.7 Å². The van der Waals surface area contributed by atoms with Crippen LogP contribution in [0.15, 0.2) is 36.5 Å². The van der Waals surface area contributed by atoms with Gasteiger partial charge in [-0.15, -0.1) is 12.4 Å². The number of hydrogen-bond acceptors (Lipinski definition) is 3. The molecule has 0 spiro atoms. The topological polar surface area (TPSA) is 46.3 Å². The number of rotatable bonds is 5. The van der Waals surface area contributed by atoms with Gasteiger partial charge in [-0.3, -0.25) is 14.4 Å². The molecule has 4 rings (SSSR count). The molecule has 6 nitrogen and oxygen atoms in total. The fraction of sp³-hybridized carbons (Fsp3) is 0.478. The Balaban J connectivity index is 0.00000256. The fourth-order valence-electron chi connectivity index (χ4n) is 4.42. The van der Waals surface area contributed by atoms with Crippen molar-refractivity contribution in [1.29, 1.82) is 0 Å². The zero-order chi connectivity index (χ0) is 20.4. The molecule has 1 aliphatic rings. The first-order chi connectivity index (χ1) is 14.0. The van der Waals surface area contributed by atoms with Crippen LogP contribution in [0.4, 0.5) is 0 Å². The number of amides is 1. The van der Waals surface area contributed by atoms with Gasteiger partial charge >= 0.3 is 0 Å². The molecule has 0 saturated carbocycles. The maximum absolute atomic E-state index is 13.0. The van der Waals surface area contributed by atoms with Crippen LogP contribution in [0.2, 0.25) is 0 Å². The van der Waals surface area contributed by atoms with Crippen LogP contribution in [0, 0.1) is 13.8 Å². The minimum Gasteiger partial charge on any atom is -0.350 e. The molecular weight excluding hydrogens is 398 g/mol. The largest absolute Gasteiger partial charge is 0.350 e. The number of fused-ring (bicyclic) bond motifs is 1. The molecule has 0 unspecified atom stereocenters. The predicted molar refractivity (Wildman–Crippen MR) is 123 cm³/mol. The van der Waals surface area contributed by atoms with E-state index in [9.17, 15) is 4.79 Å². The molecule has 30 heavy (non-hydrogen) atoms. The van der Waals surface area contributed by atoms with Crippen molar-refractivity contribution in [3.63, 3.8) is 0 Å². The Morgan fingerprint density at radius 1 is 1.07 bits per heavy atom. The lowest BCUT2D eigenvalue weighted by Gasteiger charge is -2.22. The minimum absolute atomic E-state index is 0. The maximum Gasteiger partial charge on any atom is 0.227 e. The SMILES string of the molecule is Cc1cc(C)n(CCN2CCCN(C(=O)Cc3cn(C)c4ccccc34)CC2)n1.Cl. The van der Waals surface area contributed by atoms with E-state index in [-0.39, 0.29) is 18.3 Å². The van der Waals surface area contributed by atoms with Gasteiger partial charge in [0.25, 0.3) is 0 Å². The molecule has 0 atom stereocenters. The van der Waals surface area contributed by atoms with E-state index >= 15 is 0 Å². The van der Waals surface area contributed by atoms with Crippen LogP contribution in [0.5, 0.6) is 0 Å². The molecular formula is C23H32ClN5O. The van der Waals surface area contributed by atoms with Gasteiger partial charge in [-0.25, -0.2) is 0 Å². The normalized spacial score (nSPS) is 15.2. The Labute approximate surface area is 184 Å². The number of aromatic nitrogens is 3. The Morgan fingerprint density at radius 2 is 1.87 bits per heavy atom. The van der Waals surface area contributed by atoms with Crippen molar-refractivity contribution in [1.82, 2.24) is 24.1 Å². The third kappa shape index (κ3) is 4.87. The van der Waals surface area contributed by atoms with Gasteiger partial charge in [0.1, 0.15) is 0 Å². The van der Waals surface area contributed by atoms with Crippen LogP contribution in [-0.2, 0) is 24.8 Å². The second-order valence-corrected chi connectivity index (χ2v) is 8.19. The van der Waals surface area contributed by atoms with Crippen LogP contribution in [0.25, 0.3) is 10.9 Å². The summed E-state index contributed by atoms with van der Waals surface area (Å²) in [5.41, 5.74) is 4.59. The highest BCUT2D eigenvalue weighted by atomic mass is 35.5. The van der Waals surface area contributed by atoms with Gasteiger partial charge in [0.15, 0.2) is 0 Å². The average molecular weight is 430 g/mol. The third-order valence-electron chi connectivity index (χ3n) is 5.99. The molecule has 3 heterocycles. The number of aryl methyl sites for hydroxylation is 3. The minimum atomic E-state index is 0. The van der Waals surface area contributed by atoms with E-state index in [1.165, 1.54) is 16.6 Å². The van der Waals surface area contributed by atoms with Crippen LogP contribution >= 0.6 is 12.4 Å². The Bertz CT molecular complexity index is 1010. The highest BCUT2D eigenvalue weighted by Gasteiger charge is 2.20. The van der Waals surface area contributed by atoms with Gasteiger partial charge in [-0.2, -0.15) is 5.10 Å². The van der Waals surface area contributed by atoms with E-state index < -0.39 is 0 Å². The number of carbonyl (C=O) groups is 1. The molecule has 162 valence electrons. The zero-order valence-corrected chi connectivity index (χ0v) is 19.0. The molecule has 0 N–H and O–H groups in total. The first-order valence-electron chi connectivity index (χ1n) is 10.6. The van der Waals surface area contributed by atoms with E-state index in [0.717, 1.165) is 56.9 Å². The molecule has 3 aromatic rings. The Kier molecular flexibility index (Phi) is 7.21. The molecule has 1 aromatic carbocycles. The Morgan fingerprint density at radius 3 is 2.63 bits per heavy atom. The second-order valence-electron chi connectivity index (χ2n) is 8.19. The van der Waals surface area contributed by atoms with E-state index in [0.29, 0.717) is 6.42 Å². The first-order valence-corrected chi connectivity index (χ1v) is 10.6. The van der Waals surface area contributed by atoms with E-state index in [4.69, 9.17) is 0 Å². The standard InChI is InChI=1S/C23H31N5O.ClH/c1-18-15-19(2)28(24-18)14-12-26-9-6-10-27(13-11-26)23(29)16-20-17-25(3)22-8-5-4-7-21(20)22;/h4-5,7-8,15,17H,6,9-14,16H2,1-3H3;1H. The van der Waals surface area contributed by atoms with Gasteiger partial charge < -0.3 is 9.47 Å². The van der Waals surface area contributed by atoms with E-state index in [1.807, 2.05) is 31.0 Å². The number of nitrogens with zero attached hydrogens (tertiary/aromatic N) is 5. The van der Waals surface area contributed by atoms with Crippen LogP contribution < -0.4 is 0 Å². The predicted octanol–water partition coefficient (Wildman–Crippen LogP) is 3.19. The molecule has 1 amide bonds. The third-order valence-corrected chi connectivity index (χ3v) is 5.99. The van der Waals surface area contributed by atoms with Crippen molar-refractivity contribution < 1.29 is 4.79 Å². The fourth-order valence-corrected chi connectivity index (χ4v) is 4.42. The summed E-state index contributed by atoms with van der Waals surface area (Å²) >= 11 is 0. The summed E-state index contributed by atoms with van der Waals surface area (Å²) in [7, 11) is 2.04. The summed E-state index contributed by atoms with van der Waals surface area (Å²) in [5, 5.41) is 5.74. The van der Waals surface area contributed by atoms with Crippen LogP contribution in [-0.4, -0.2) is 62.8 Å². The Hall–Kier alpha value is -2.31. The molecule has 7 heteroatoms. The summed E-state index contributed by atoms with van der Waals surface area (Å²) in [6.45, 7) is 9.65. The number of para-hydroxylation sites is 1. The molecule has 1 fully saturated rings. The molecule has 0 bridgehead atoms. The van der Waals surface area contributed by atoms with Crippen LogP contribution in [0.3, 0.4) is 0 Å². The second kappa shape index (κ2) is 9.67. The van der Waals surface area contributed by atoms with E-state index in [1.54, 1.807) is 0 Å². The summed E-state index contributed by atoms with van der Waals surface area (Å²) in [5.74, 6) is 0.238. The van der Waals surface area contributed by atoms with Crippen molar-refractivity contribution in [2.45, 2.75) is 33.2 Å². The molecule has 1 saturated heterocycles. The smallest absolute Gasteiger partial charge is 0.227 e. The van der Waals surface area contributed by atoms with Gasteiger partial charge in [0.2, 0.25) is 5.91 Å². The lowest BCUT2D eigenvalue weighted by molar-refractivity contribution is -0.130. The molecule has 0 aliphatic carbocycles. The average Bonchev–Trinajstić information content (AvgIpc) is 3.07. The van der Waals surface area contributed by atoms with Crippen molar-refractivity contribution >= 4 is 29.2 Å². The summed E-state index contributed by atoms with van der Waals surface area (Å²) in [4.78, 5) is 17.5. The number of benzene rings is 1. The summed E-state index contributed by atoms with van der Waals surface area (Å²) < 4.78 is 4.20. The highest BCUT2D eigenvalue weighted by molar-refractivity contribution is 5.89. The maximum atomic E-state index is 13.0. The quantitative estimate of drug-likeness (QED) is 0.625. The number of halogens is 1. The number of carbonyl (C=O) groups excluding carboxylic acids is 1. The first kappa shape index (κ1) is 22.4. The highest BCUT2D eigenvalue weighted by Crippen LogP contribution is 2.21. The van der Waals surface area contributed by atoms with Gasteiger partial charge in [0, 0.05) is 56.0 Å². The molecule has 0 radical (unpaired) electrons. The monoisotopic (exact) mass is 429 g/mol. The lowest BCUT2D eigenvalue weighted by Crippen LogP contribution is -2.36. The van der Waals surface area contributed by atoms with Crippen LogP contribution in [0.1, 0.15) is 23.4 Å². The lowest BCUT2D eigenvalue weighted by atomic mass is 10.1. The summed E-state index contributed by atoms with van der Waals surface area (Å²) in [6.07, 6.45) is 3.60. The van der Waals surface area contributed by atoms with Crippen molar-refractivity contribution in [3.05, 3.63) is 53.5 Å². The molecule has 1 aliphatic heterocycles.